The van der Waals surface area contributed by atoms with Gasteiger partial charge in [0.2, 0.25) is 5.91 Å². The molecule has 0 aromatic carbocycles. The Hall–Kier alpha value is -0.770. The number of likely N-dealkylation sites (tertiary alicyclic amines) is 1. The van der Waals surface area contributed by atoms with E-state index in [2.05, 4.69) is 66.9 Å². The maximum atomic E-state index is 12.6. The predicted molar refractivity (Wildman–Crippen MR) is 151 cm³/mol. The molecule has 2 saturated heterocycles. The maximum absolute atomic E-state index is 12.6. The number of hydrogen-bond donors (Lipinski definition) is 2. The van der Waals surface area contributed by atoms with Crippen LogP contribution in [0.3, 0.4) is 0 Å². The largest absolute Gasteiger partial charge is 0.375 e. The summed E-state index contributed by atoms with van der Waals surface area (Å²) in [7, 11) is 0. The molecule has 1 saturated carbocycles. The van der Waals surface area contributed by atoms with Crippen LogP contribution in [0.25, 0.3) is 0 Å². The SMILES string of the molecule is CC(C)(C)CNCCCN1CCC(OC2CC(NC(=O)CN3CCN(CCOC(C)(C)C)CC3)C2)CC1. The van der Waals surface area contributed by atoms with Crippen molar-refractivity contribution in [2.45, 2.75) is 97.5 Å². The van der Waals surface area contributed by atoms with Crippen molar-refractivity contribution in [1.82, 2.24) is 25.3 Å². The first-order valence-electron chi connectivity index (χ1n) is 14.9. The van der Waals surface area contributed by atoms with Crippen molar-refractivity contribution in [2.24, 2.45) is 5.41 Å². The van der Waals surface area contributed by atoms with Gasteiger partial charge in [0.05, 0.1) is 31.0 Å². The monoisotopic (exact) mass is 523 g/mol. The second-order valence-corrected chi connectivity index (χ2v) is 13.7. The average Bonchev–Trinajstić information content (AvgIpc) is 2.78. The van der Waals surface area contributed by atoms with Crippen molar-refractivity contribution in [3.63, 3.8) is 0 Å². The third kappa shape index (κ3) is 12.8. The highest BCUT2D eigenvalue weighted by Crippen LogP contribution is 2.27. The highest BCUT2D eigenvalue weighted by Gasteiger charge is 2.34. The summed E-state index contributed by atoms with van der Waals surface area (Å²) in [6.07, 6.45) is 6.13. The van der Waals surface area contributed by atoms with Crippen LogP contribution in [0, 0.1) is 5.41 Å². The van der Waals surface area contributed by atoms with Gasteiger partial charge in [-0.05, 0) is 77.9 Å². The van der Waals surface area contributed by atoms with Gasteiger partial charge >= 0.3 is 0 Å². The molecule has 8 heteroatoms. The highest BCUT2D eigenvalue weighted by atomic mass is 16.5. The second-order valence-electron chi connectivity index (χ2n) is 13.7. The van der Waals surface area contributed by atoms with Crippen LogP contribution in [0.15, 0.2) is 0 Å². The molecule has 1 aliphatic carbocycles. The number of carbonyl (C=O) groups excluding carboxylic acids is 1. The Balaban J connectivity index is 1.17. The zero-order valence-electron chi connectivity index (χ0n) is 24.8. The Labute approximate surface area is 227 Å². The molecule has 0 bridgehead atoms. The van der Waals surface area contributed by atoms with Gasteiger partial charge in [-0.15, -0.1) is 0 Å². The Morgan fingerprint density at radius 3 is 2.08 bits per heavy atom. The third-order valence-corrected chi connectivity index (χ3v) is 7.64. The number of piperidine rings is 1. The first-order valence-corrected chi connectivity index (χ1v) is 14.9. The molecule has 0 aromatic heterocycles. The van der Waals surface area contributed by atoms with Gasteiger partial charge in [-0.2, -0.15) is 0 Å². The molecular formula is C29H57N5O3. The summed E-state index contributed by atoms with van der Waals surface area (Å²) in [6.45, 7) is 24.9. The lowest BCUT2D eigenvalue weighted by Gasteiger charge is -2.40. The molecule has 0 unspecified atom stereocenters. The number of hydrogen-bond acceptors (Lipinski definition) is 7. The topological polar surface area (TPSA) is 69.3 Å². The van der Waals surface area contributed by atoms with E-state index in [1.54, 1.807) is 0 Å². The molecule has 0 radical (unpaired) electrons. The average molecular weight is 524 g/mol. The molecule has 216 valence electrons. The zero-order valence-corrected chi connectivity index (χ0v) is 24.8. The van der Waals surface area contributed by atoms with Crippen molar-refractivity contribution in [2.75, 3.05) is 78.6 Å². The fourth-order valence-electron chi connectivity index (χ4n) is 5.36. The Bertz CT molecular complexity index is 655. The van der Waals surface area contributed by atoms with Gasteiger partial charge in [0.25, 0.3) is 0 Å². The lowest BCUT2D eigenvalue weighted by molar-refractivity contribution is -0.127. The van der Waals surface area contributed by atoms with Gasteiger partial charge in [0.15, 0.2) is 0 Å². The maximum Gasteiger partial charge on any atom is 0.234 e. The molecule has 8 nitrogen and oxygen atoms in total. The van der Waals surface area contributed by atoms with Crippen molar-refractivity contribution in [3.05, 3.63) is 0 Å². The van der Waals surface area contributed by atoms with Crippen molar-refractivity contribution in [1.29, 1.82) is 0 Å². The van der Waals surface area contributed by atoms with Gasteiger partial charge in [-0.1, -0.05) is 20.8 Å². The van der Waals surface area contributed by atoms with E-state index in [-0.39, 0.29) is 17.6 Å². The van der Waals surface area contributed by atoms with E-state index in [1.165, 1.54) is 13.0 Å². The third-order valence-electron chi connectivity index (χ3n) is 7.64. The summed E-state index contributed by atoms with van der Waals surface area (Å²) in [5, 5.41) is 6.81. The van der Waals surface area contributed by atoms with Crippen LogP contribution in [0.1, 0.15) is 73.6 Å². The quantitative estimate of drug-likeness (QED) is 0.360. The van der Waals surface area contributed by atoms with Crippen molar-refractivity contribution < 1.29 is 14.3 Å². The number of amides is 1. The number of rotatable bonds is 13. The molecule has 0 atom stereocenters. The summed E-state index contributed by atoms with van der Waals surface area (Å²) >= 11 is 0. The molecule has 2 heterocycles. The summed E-state index contributed by atoms with van der Waals surface area (Å²) in [5.41, 5.74) is 0.281. The van der Waals surface area contributed by atoms with E-state index in [4.69, 9.17) is 9.47 Å². The van der Waals surface area contributed by atoms with Crippen LogP contribution in [0.5, 0.6) is 0 Å². The molecule has 2 aliphatic heterocycles. The first kappa shape index (κ1) is 30.8. The molecule has 0 aromatic rings. The van der Waals surface area contributed by atoms with E-state index in [0.717, 1.165) is 91.2 Å². The minimum absolute atomic E-state index is 0.0768. The Morgan fingerprint density at radius 1 is 0.838 bits per heavy atom. The molecule has 2 N–H and O–H groups in total. The highest BCUT2D eigenvalue weighted by molar-refractivity contribution is 5.78. The summed E-state index contributed by atoms with van der Waals surface area (Å²) < 4.78 is 12.2. The minimum Gasteiger partial charge on any atom is -0.375 e. The standard InChI is InChI=1S/C29H57N5O3/c1-28(2,3)23-30-10-7-11-32-12-8-25(9-13-32)37-26-20-24(21-26)31-27(35)22-34-16-14-33(15-17-34)18-19-36-29(4,5)6/h24-26,30H,7-23H2,1-6H3,(H,31,35). The Morgan fingerprint density at radius 2 is 1.46 bits per heavy atom. The van der Waals surface area contributed by atoms with Gasteiger partial charge < -0.3 is 25.0 Å². The van der Waals surface area contributed by atoms with Gasteiger partial charge in [-0.3, -0.25) is 14.6 Å². The number of piperazine rings is 1. The van der Waals surface area contributed by atoms with Crippen LogP contribution in [0.4, 0.5) is 0 Å². The fourth-order valence-corrected chi connectivity index (χ4v) is 5.36. The lowest BCUT2D eigenvalue weighted by Crippen LogP contribution is -2.54. The normalized spacial score (nSPS) is 25.2. The summed E-state index contributed by atoms with van der Waals surface area (Å²) in [4.78, 5) is 19.8. The van der Waals surface area contributed by atoms with Crippen molar-refractivity contribution in [3.8, 4) is 0 Å². The molecule has 0 spiro atoms. The van der Waals surface area contributed by atoms with Gasteiger partial charge in [0, 0.05) is 51.9 Å². The number of nitrogens with zero attached hydrogens (tertiary/aromatic N) is 3. The van der Waals surface area contributed by atoms with E-state index < -0.39 is 0 Å². The van der Waals surface area contributed by atoms with E-state index in [9.17, 15) is 4.79 Å². The van der Waals surface area contributed by atoms with Crippen LogP contribution >= 0.6 is 0 Å². The molecule has 3 rings (SSSR count). The molecule has 37 heavy (non-hydrogen) atoms. The number of carbonyl (C=O) groups is 1. The molecule has 1 amide bonds. The Kier molecular flexibility index (Phi) is 12.1. The minimum atomic E-state index is -0.0768. The van der Waals surface area contributed by atoms with E-state index in [0.29, 0.717) is 24.2 Å². The lowest BCUT2D eigenvalue weighted by atomic mass is 9.88. The second kappa shape index (κ2) is 14.6. The predicted octanol–water partition coefficient (Wildman–Crippen LogP) is 2.57. The zero-order chi connectivity index (χ0) is 26.9. The van der Waals surface area contributed by atoms with E-state index >= 15 is 0 Å². The summed E-state index contributed by atoms with van der Waals surface area (Å²) in [6, 6.07) is 0.286. The van der Waals surface area contributed by atoms with Crippen molar-refractivity contribution >= 4 is 5.91 Å². The molecule has 3 fully saturated rings. The summed E-state index contributed by atoms with van der Waals surface area (Å²) in [5.74, 6) is 0.165. The smallest absolute Gasteiger partial charge is 0.234 e. The van der Waals surface area contributed by atoms with Crippen LogP contribution in [-0.2, 0) is 14.3 Å². The number of nitrogens with one attached hydrogen (secondary N) is 2. The van der Waals surface area contributed by atoms with Crippen LogP contribution < -0.4 is 10.6 Å². The van der Waals surface area contributed by atoms with E-state index in [1.807, 2.05) is 0 Å². The molecule has 3 aliphatic rings. The fraction of sp³-hybridized carbons (Fsp3) is 0.966. The first-order chi connectivity index (χ1) is 17.4. The van der Waals surface area contributed by atoms with Crippen LogP contribution in [0.2, 0.25) is 0 Å². The van der Waals surface area contributed by atoms with Gasteiger partial charge in [0.1, 0.15) is 0 Å². The molecular weight excluding hydrogens is 466 g/mol. The number of ether oxygens (including phenoxy) is 2. The van der Waals surface area contributed by atoms with Gasteiger partial charge in [-0.25, -0.2) is 0 Å². The van der Waals surface area contributed by atoms with Crippen LogP contribution in [-0.4, -0.2) is 123 Å².